The Morgan fingerprint density at radius 2 is 1.74 bits per heavy atom. The third-order valence-electron chi connectivity index (χ3n) is 5.08. The predicted molar refractivity (Wildman–Crippen MR) is 87.2 cm³/mol. The molecule has 0 aliphatic carbocycles. The number of amides is 2. The number of piperidine rings is 1. The number of rotatable bonds is 3. The van der Waals surface area contributed by atoms with Crippen LogP contribution in [0.25, 0.3) is 0 Å². The van der Waals surface area contributed by atoms with Crippen molar-refractivity contribution < 1.29 is 14.7 Å². The zero-order chi connectivity index (χ0) is 16.2. The number of carbonyl (C=O) groups excluding carboxylic acids is 1. The monoisotopic (exact) mass is 316 g/mol. The number of likely N-dealkylation sites (tertiary alicyclic amines) is 2. The van der Waals surface area contributed by atoms with E-state index in [1.165, 1.54) is 10.5 Å². The van der Waals surface area contributed by atoms with Gasteiger partial charge in [0.1, 0.15) is 6.04 Å². The first-order chi connectivity index (χ1) is 11.1. The topological polar surface area (TPSA) is 60.9 Å². The molecule has 2 aliphatic heterocycles. The van der Waals surface area contributed by atoms with Crippen LogP contribution in [-0.2, 0) is 11.2 Å². The fraction of sp³-hybridized carbons (Fsp3) is 0.556. The summed E-state index contributed by atoms with van der Waals surface area (Å²) in [7, 11) is 0. The number of hydrogen-bond acceptors (Lipinski definition) is 2. The van der Waals surface area contributed by atoms with E-state index in [1.807, 2.05) is 11.0 Å². The molecule has 0 aromatic heterocycles. The molecule has 0 spiro atoms. The normalized spacial score (nSPS) is 22.3. The van der Waals surface area contributed by atoms with Crippen LogP contribution in [0, 0.1) is 5.92 Å². The number of nitrogens with zero attached hydrogens (tertiary/aromatic N) is 2. The van der Waals surface area contributed by atoms with E-state index in [4.69, 9.17) is 0 Å². The minimum Gasteiger partial charge on any atom is -0.465 e. The summed E-state index contributed by atoms with van der Waals surface area (Å²) in [5, 5.41) is 9.19. The van der Waals surface area contributed by atoms with Crippen molar-refractivity contribution >= 4 is 12.0 Å². The molecule has 3 rings (SSSR count). The molecule has 0 unspecified atom stereocenters. The van der Waals surface area contributed by atoms with Gasteiger partial charge >= 0.3 is 6.09 Å². The average Bonchev–Trinajstić information content (AvgIpc) is 3.06. The van der Waals surface area contributed by atoms with Crippen LogP contribution >= 0.6 is 0 Å². The van der Waals surface area contributed by atoms with E-state index in [0.29, 0.717) is 18.9 Å². The van der Waals surface area contributed by atoms with Crippen LogP contribution in [0.4, 0.5) is 4.79 Å². The molecular weight excluding hydrogens is 292 g/mol. The van der Waals surface area contributed by atoms with Crippen molar-refractivity contribution in [3.8, 4) is 0 Å². The van der Waals surface area contributed by atoms with Gasteiger partial charge in [-0.2, -0.15) is 0 Å². The molecule has 1 N–H and O–H groups in total. The summed E-state index contributed by atoms with van der Waals surface area (Å²) in [5.41, 5.74) is 1.35. The highest BCUT2D eigenvalue weighted by molar-refractivity contribution is 5.86. The van der Waals surface area contributed by atoms with Crippen LogP contribution in [0.1, 0.15) is 31.2 Å². The van der Waals surface area contributed by atoms with Crippen molar-refractivity contribution in [2.24, 2.45) is 5.92 Å². The maximum absolute atomic E-state index is 12.6. The van der Waals surface area contributed by atoms with Crippen LogP contribution < -0.4 is 0 Å². The standard InChI is InChI=1S/C18H24N2O3/c21-17(16-7-4-10-20(16)18(22)23)19-11-8-15(9-12-19)13-14-5-2-1-3-6-14/h1-3,5-6,15-16H,4,7-13H2,(H,22,23)/t16-/m1/s1. The molecule has 0 radical (unpaired) electrons. The van der Waals surface area contributed by atoms with Crippen molar-refractivity contribution in [1.29, 1.82) is 0 Å². The second kappa shape index (κ2) is 7.02. The maximum atomic E-state index is 12.6. The van der Waals surface area contributed by atoms with Gasteiger partial charge in [-0.15, -0.1) is 0 Å². The second-order valence-electron chi connectivity index (χ2n) is 6.59. The molecule has 23 heavy (non-hydrogen) atoms. The molecule has 2 aliphatic rings. The molecule has 0 saturated carbocycles. The van der Waals surface area contributed by atoms with Crippen molar-refractivity contribution in [1.82, 2.24) is 9.80 Å². The average molecular weight is 316 g/mol. The van der Waals surface area contributed by atoms with Gasteiger partial charge in [0.15, 0.2) is 0 Å². The van der Waals surface area contributed by atoms with Gasteiger partial charge in [-0.1, -0.05) is 30.3 Å². The SMILES string of the molecule is O=C([C@H]1CCCN1C(=O)O)N1CCC(Cc2ccccc2)CC1. The molecule has 1 aromatic rings. The smallest absolute Gasteiger partial charge is 0.407 e. The zero-order valence-electron chi connectivity index (χ0n) is 13.4. The summed E-state index contributed by atoms with van der Waals surface area (Å²) < 4.78 is 0. The minimum absolute atomic E-state index is 0.00283. The lowest BCUT2D eigenvalue weighted by Gasteiger charge is -2.35. The minimum atomic E-state index is -0.972. The van der Waals surface area contributed by atoms with Gasteiger partial charge in [0.05, 0.1) is 0 Å². The van der Waals surface area contributed by atoms with E-state index in [-0.39, 0.29) is 5.91 Å². The molecule has 1 atom stereocenters. The fourth-order valence-electron chi connectivity index (χ4n) is 3.77. The molecule has 124 valence electrons. The Balaban J connectivity index is 1.52. The first-order valence-electron chi connectivity index (χ1n) is 8.47. The summed E-state index contributed by atoms with van der Waals surface area (Å²) >= 11 is 0. The summed E-state index contributed by atoms with van der Waals surface area (Å²) in [5.74, 6) is 0.615. The zero-order valence-corrected chi connectivity index (χ0v) is 13.4. The molecule has 0 bridgehead atoms. The van der Waals surface area contributed by atoms with Gasteiger partial charge in [-0.25, -0.2) is 4.79 Å². The quantitative estimate of drug-likeness (QED) is 0.932. The van der Waals surface area contributed by atoms with Gasteiger partial charge in [0.25, 0.3) is 0 Å². The number of benzene rings is 1. The summed E-state index contributed by atoms with van der Waals surface area (Å²) in [4.78, 5) is 27.0. The van der Waals surface area contributed by atoms with Crippen LogP contribution in [0.2, 0.25) is 0 Å². The third-order valence-corrected chi connectivity index (χ3v) is 5.08. The fourth-order valence-corrected chi connectivity index (χ4v) is 3.77. The Morgan fingerprint density at radius 3 is 2.39 bits per heavy atom. The number of carbonyl (C=O) groups is 2. The summed E-state index contributed by atoms with van der Waals surface area (Å²) in [6, 6.07) is 10.0. The highest BCUT2D eigenvalue weighted by Crippen LogP contribution is 2.25. The second-order valence-corrected chi connectivity index (χ2v) is 6.59. The lowest BCUT2D eigenvalue weighted by Crippen LogP contribution is -2.49. The van der Waals surface area contributed by atoms with E-state index in [2.05, 4.69) is 24.3 Å². The van der Waals surface area contributed by atoms with Crippen molar-refractivity contribution in [2.75, 3.05) is 19.6 Å². The van der Waals surface area contributed by atoms with Gasteiger partial charge < -0.3 is 10.0 Å². The van der Waals surface area contributed by atoms with E-state index in [1.54, 1.807) is 0 Å². The van der Waals surface area contributed by atoms with E-state index in [9.17, 15) is 14.7 Å². The van der Waals surface area contributed by atoms with Crippen LogP contribution in [0.5, 0.6) is 0 Å². The van der Waals surface area contributed by atoms with E-state index >= 15 is 0 Å². The Labute approximate surface area is 136 Å². The van der Waals surface area contributed by atoms with E-state index < -0.39 is 12.1 Å². The van der Waals surface area contributed by atoms with Gasteiger partial charge in [-0.05, 0) is 43.6 Å². The third kappa shape index (κ3) is 3.66. The highest BCUT2D eigenvalue weighted by atomic mass is 16.4. The van der Waals surface area contributed by atoms with Crippen molar-refractivity contribution in [2.45, 2.75) is 38.1 Å². The molecule has 2 heterocycles. The molecule has 2 amide bonds. The van der Waals surface area contributed by atoms with Gasteiger partial charge in [0, 0.05) is 19.6 Å². The molecular formula is C18H24N2O3. The summed E-state index contributed by atoms with van der Waals surface area (Å²) in [6.45, 7) is 1.98. The summed E-state index contributed by atoms with van der Waals surface area (Å²) in [6.07, 6.45) is 3.54. The van der Waals surface area contributed by atoms with Crippen LogP contribution in [0.3, 0.4) is 0 Å². The molecule has 2 saturated heterocycles. The van der Waals surface area contributed by atoms with Crippen LogP contribution in [-0.4, -0.2) is 52.6 Å². The lowest BCUT2D eigenvalue weighted by atomic mass is 9.90. The van der Waals surface area contributed by atoms with Crippen molar-refractivity contribution in [3.63, 3.8) is 0 Å². The molecule has 1 aromatic carbocycles. The molecule has 5 nitrogen and oxygen atoms in total. The number of carboxylic acid groups (broad SMARTS) is 1. The number of hydrogen-bond donors (Lipinski definition) is 1. The van der Waals surface area contributed by atoms with Crippen molar-refractivity contribution in [3.05, 3.63) is 35.9 Å². The first-order valence-corrected chi connectivity index (χ1v) is 8.47. The van der Waals surface area contributed by atoms with Gasteiger partial charge in [-0.3, -0.25) is 9.69 Å². The Bertz CT molecular complexity index is 553. The van der Waals surface area contributed by atoms with E-state index in [0.717, 1.165) is 38.8 Å². The first kappa shape index (κ1) is 15.8. The van der Waals surface area contributed by atoms with Gasteiger partial charge in [0.2, 0.25) is 5.91 Å². The lowest BCUT2D eigenvalue weighted by molar-refractivity contribution is -0.136. The predicted octanol–water partition coefficient (Wildman–Crippen LogP) is 2.61. The highest BCUT2D eigenvalue weighted by Gasteiger charge is 2.37. The Morgan fingerprint density at radius 1 is 1.04 bits per heavy atom. The molecule has 2 fully saturated rings. The Hall–Kier alpha value is -2.04. The van der Waals surface area contributed by atoms with Crippen LogP contribution in [0.15, 0.2) is 30.3 Å². The largest absolute Gasteiger partial charge is 0.465 e. The maximum Gasteiger partial charge on any atom is 0.407 e. The Kier molecular flexibility index (Phi) is 4.84. The molecule has 5 heteroatoms.